The normalized spacial score (nSPS) is 11.2. The molecule has 0 unspecified atom stereocenters. The van der Waals surface area contributed by atoms with Crippen LogP contribution in [0.25, 0.3) is 5.69 Å². The molecular weight excluding hydrogens is 421 g/mol. The van der Waals surface area contributed by atoms with E-state index in [4.69, 9.17) is 11.6 Å². The van der Waals surface area contributed by atoms with Crippen LogP contribution in [0.2, 0.25) is 5.02 Å². The summed E-state index contributed by atoms with van der Waals surface area (Å²) in [4.78, 5) is 23.9. The number of nitrogens with one attached hydrogen (secondary N) is 2. The van der Waals surface area contributed by atoms with Crippen molar-refractivity contribution in [2.75, 3.05) is 6.54 Å². The van der Waals surface area contributed by atoms with Gasteiger partial charge in [-0.3, -0.25) is 9.59 Å². The first-order valence-electron chi connectivity index (χ1n) is 8.74. The van der Waals surface area contributed by atoms with Crippen LogP contribution in [0.15, 0.2) is 60.9 Å². The Labute approximate surface area is 174 Å². The SMILES string of the molecule is O=C(CNC(=O)c1ccc(C(F)(F)F)cc1)NCc1cnn(-c2ccc(Cl)cc2)c1. The second-order valence-corrected chi connectivity index (χ2v) is 6.74. The molecule has 0 aliphatic heterocycles. The third-order valence-electron chi connectivity index (χ3n) is 4.10. The highest BCUT2D eigenvalue weighted by Gasteiger charge is 2.30. The number of benzene rings is 2. The van der Waals surface area contributed by atoms with Crippen LogP contribution < -0.4 is 10.6 Å². The van der Waals surface area contributed by atoms with E-state index < -0.39 is 23.6 Å². The highest BCUT2D eigenvalue weighted by Crippen LogP contribution is 2.29. The van der Waals surface area contributed by atoms with Crippen molar-refractivity contribution >= 4 is 23.4 Å². The fourth-order valence-corrected chi connectivity index (χ4v) is 2.65. The van der Waals surface area contributed by atoms with Gasteiger partial charge in [0.15, 0.2) is 0 Å². The summed E-state index contributed by atoms with van der Waals surface area (Å²) in [6, 6.07) is 10.8. The van der Waals surface area contributed by atoms with Crippen molar-refractivity contribution in [3.05, 3.63) is 82.6 Å². The van der Waals surface area contributed by atoms with Crippen LogP contribution in [-0.2, 0) is 17.5 Å². The van der Waals surface area contributed by atoms with Gasteiger partial charge in [-0.15, -0.1) is 0 Å². The summed E-state index contributed by atoms with van der Waals surface area (Å²) in [5.41, 5.74) is 0.726. The number of aromatic nitrogens is 2. The lowest BCUT2D eigenvalue weighted by Gasteiger charge is -2.08. The largest absolute Gasteiger partial charge is 0.416 e. The molecule has 6 nitrogen and oxygen atoms in total. The van der Waals surface area contributed by atoms with Gasteiger partial charge in [-0.2, -0.15) is 18.3 Å². The third-order valence-corrected chi connectivity index (χ3v) is 4.35. The van der Waals surface area contributed by atoms with Crippen molar-refractivity contribution in [2.45, 2.75) is 12.7 Å². The molecule has 1 aromatic heterocycles. The number of amides is 2. The number of rotatable bonds is 6. The van der Waals surface area contributed by atoms with Gasteiger partial charge in [-0.05, 0) is 48.5 Å². The highest BCUT2D eigenvalue weighted by atomic mass is 35.5. The highest BCUT2D eigenvalue weighted by molar-refractivity contribution is 6.30. The van der Waals surface area contributed by atoms with Gasteiger partial charge in [0.05, 0.1) is 24.0 Å². The maximum absolute atomic E-state index is 12.5. The molecule has 156 valence electrons. The summed E-state index contributed by atoms with van der Waals surface area (Å²) in [5.74, 6) is -1.09. The zero-order valence-corrected chi connectivity index (χ0v) is 16.2. The van der Waals surface area contributed by atoms with Crippen LogP contribution in [0.3, 0.4) is 0 Å². The maximum Gasteiger partial charge on any atom is 0.416 e. The molecule has 0 radical (unpaired) electrons. The van der Waals surface area contributed by atoms with Crippen molar-refractivity contribution in [3.8, 4) is 5.69 Å². The zero-order valence-electron chi connectivity index (χ0n) is 15.4. The first kappa shape index (κ1) is 21.4. The molecule has 2 aromatic carbocycles. The molecule has 0 bridgehead atoms. The van der Waals surface area contributed by atoms with Gasteiger partial charge in [-0.25, -0.2) is 4.68 Å². The quantitative estimate of drug-likeness (QED) is 0.620. The van der Waals surface area contributed by atoms with Gasteiger partial charge >= 0.3 is 6.18 Å². The average Bonchev–Trinajstić information content (AvgIpc) is 3.19. The van der Waals surface area contributed by atoms with Crippen molar-refractivity contribution < 1.29 is 22.8 Å². The van der Waals surface area contributed by atoms with Gasteiger partial charge < -0.3 is 10.6 Å². The summed E-state index contributed by atoms with van der Waals surface area (Å²) in [6.07, 6.45) is -1.14. The van der Waals surface area contributed by atoms with Gasteiger partial charge in [0, 0.05) is 28.9 Å². The Morgan fingerprint density at radius 3 is 2.30 bits per heavy atom. The third kappa shape index (κ3) is 5.60. The molecule has 30 heavy (non-hydrogen) atoms. The fourth-order valence-electron chi connectivity index (χ4n) is 2.52. The Balaban J connectivity index is 1.47. The molecule has 2 N–H and O–H groups in total. The molecule has 0 fully saturated rings. The van der Waals surface area contributed by atoms with Gasteiger partial charge in [0.1, 0.15) is 0 Å². The maximum atomic E-state index is 12.5. The first-order valence-corrected chi connectivity index (χ1v) is 9.12. The van der Waals surface area contributed by atoms with Crippen LogP contribution >= 0.6 is 11.6 Å². The number of nitrogens with zero attached hydrogens (tertiary/aromatic N) is 2. The van der Waals surface area contributed by atoms with E-state index >= 15 is 0 Å². The van der Waals surface area contributed by atoms with Crippen LogP contribution in [-0.4, -0.2) is 28.1 Å². The molecule has 1 heterocycles. The number of halogens is 4. The number of alkyl halides is 3. The van der Waals surface area contributed by atoms with Crippen LogP contribution in [0.4, 0.5) is 13.2 Å². The smallest absolute Gasteiger partial charge is 0.350 e. The monoisotopic (exact) mass is 436 g/mol. The first-order chi connectivity index (χ1) is 14.2. The van der Waals surface area contributed by atoms with E-state index in [0.717, 1.165) is 35.5 Å². The average molecular weight is 437 g/mol. The fraction of sp³-hybridized carbons (Fsp3) is 0.150. The zero-order chi connectivity index (χ0) is 21.7. The van der Waals surface area contributed by atoms with Gasteiger partial charge in [0.25, 0.3) is 5.91 Å². The minimum Gasteiger partial charge on any atom is -0.350 e. The molecule has 0 aliphatic rings. The lowest BCUT2D eigenvalue weighted by molar-refractivity contribution is -0.137. The predicted molar refractivity (Wildman–Crippen MR) is 104 cm³/mol. The molecule has 0 aliphatic carbocycles. The van der Waals surface area contributed by atoms with Crippen molar-refractivity contribution in [1.29, 1.82) is 0 Å². The molecule has 0 atom stereocenters. The van der Waals surface area contributed by atoms with E-state index in [2.05, 4.69) is 15.7 Å². The van der Waals surface area contributed by atoms with Crippen LogP contribution in [0, 0.1) is 0 Å². The van der Waals surface area contributed by atoms with E-state index in [0.29, 0.717) is 5.02 Å². The van der Waals surface area contributed by atoms with E-state index in [1.54, 1.807) is 41.3 Å². The molecule has 3 aromatic rings. The van der Waals surface area contributed by atoms with E-state index in [-0.39, 0.29) is 18.7 Å². The summed E-state index contributed by atoms with van der Waals surface area (Å²) in [5, 5.41) is 9.81. The number of carbonyl (C=O) groups is 2. The summed E-state index contributed by atoms with van der Waals surface area (Å²) >= 11 is 5.85. The Morgan fingerprint density at radius 2 is 1.67 bits per heavy atom. The predicted octanol–water partition coefficient (Wildman–Crippen LogP) is 3.59. The minimum atomic E-state index is -4.48. The molecule has 0 saturated heterocycles. The molecule has 2 amide bonds. The van der Waals surface area contributed by atoms with Gasteiger partial charge in [0.2, 0.25) is 5.91 Å². The standard InChI is InChI=1S/C20H16ClF3N4O2/c21-16-5-7-17(8-6-16)28-12-13(10-27-28)9-25-18(29)11-26-19(30)14-1-3-15(4-2-14)20(22,23)24/h1-8,10,12H,9,11H2,(H,25,29)(H,26,30). The number of hydrogen-bond donors (Lipinski definition) is 2. The molecule has 0 saturated carbocycles. The molecule has 10 heteroatoms. The molecular formula is C20H16ClF3N4O2. The topological polar surface area (TPSA) is 76.0 Å². The minimum absolute atomic E-state index is 0.0278. The summed E-state index contributed by atoms with van der Waals surface area (Å²) in [6.45, 7) is -0.117. The molecule has 3 rings (SSSR count). The van der Waals surface area contributed by atoms with E-state index in [9.17, 15) is 22.8 Å². The van der Waals surface area contributed by atoms with Crippen molar-refractivity contribution in [3.63, 3.8) is 0 Å². The second-order valence-electron chi connectivity index (χ2n) is 6.30. The second kappa shape index (κ2) is 9.00. The van der Waals surface area contributed by atoms with Crippen LogP contribution in [0.1, 0.15) is 21.5 Å². The summed E-state index contributed by atoms with van der Waals surface area (Å²) in [7, 11) is 0. The lowest BCUT2D eigenvalue weighted by atomic mass is 10.1. The number of hydrogen-bond acceptors (Lipinski definition) is 3. The van der Waals surface area contributed by atoms with Crippen molar-refractivity contribution in [1.82, 2.24) is 20.4 Å². The Morgan fingerprint density at radius 1 is 1.00 bits per heavy atom. The number of carbonyl (C=O) groups excluding carboxylic acids is 2. The van der Waals surface area contributed by atoms with E-state index in [1.165, 1.54) is 0 Å². The van der Waals surface area contributed by atoms with Gasteiger partial charge in [-0.1, -0.05) is 11.6 Å². The van der Waals surface area contributed by atoms with Crippen molar-refractivity contribution in [2.24, 2.45) is 0 Å². The Hall–Kier alpha value is -3.33. The van der Waals surface area contributed by atoms with Crippen LogP contribution in [0.5, 0.6) is 0 Å². The Kier molecular flexibility index (Phi) is 6.41. The lowest BCUT2D eigenvalue weighted by Crippen LogP contribution is -2.36. The Bertz CT molecular complexity index is 1030. The molecule has 0 spiro atoms. The summed E-state index contributed by atoms with van der Waals surface area (Å²) < 4.78 is 39.3. The van der Waals surface area contributed by atoms with E-state index in [1.807, 2.05) is 0 Å².